The zero-order valence-electron chi connectivity index (χ0n) is 22.9. The second-order valence-electron chi connectivity index (χ2n) is 12.9. The highest BCUT2D eigenvalue weighted by atomic mass is 16.5. The van der Waals surface area contributed by atoms with Gasteiger partial charge in [0.15, 0.2) is 5.90 Å². The van der Waals surface area contributed by atoms with Crippen LogP contribution >= 0.6 is 0 Å². The van der Waals surface area contributed by atoms with Gasteiger partial charge in [0.05, 0.1) is 0 Å². The van der Waals surface area contributed by atoms with E-state index in [4.69, 9.17) is 23.9 Å². The molecule has 9 rings (SSSR count). The smallest absolute Gasteiger partial charge is 0.232 e. The fourth-order valence-electron chi connectivity index (χ4n) is 7.82. The van der Waals surface area contributed by atoms with Crippen LogP contribution in [0.2, 0.25) is 11.6 Å². The van der Waals surface area contributed by atoms with E-state index in [2.05, 4.69) is 81.5 Å². The van der Waals surface area contributed by atoms with Crippen LogP contribution < -0.4 is 25.1 Å². The molecule has 4 atom stereocenters. The van der Waals surface area contributed by atoms with E-state index >= 15 is 0 Å². The molecule has 0 amide bonds. The Bertz CT molecular complexity index is 1690. The number of nitrogens with zero attached hydrogens (tertiary/aromatic N) is 1. The second kappa shape index (κ2) is 7.87. The Labute approximate surface area is 235 Å². The Balaban J connectivity index is 1.22. The summed E-state index contributed by atoms with van der Waals surface area (Å²) in [4.78, 5) is 5.18. The molecule has 0 radical (unpaired) electrons. The zero-order chi connectivity index (χ0) is 26.7. The van der Waals surface area contributed by atoms with Gasteiger partial charge in [0.25, 0.3) is 0 Å². The van der Waals surface area contributed by atoms with Crippen molar-refractivity contribution in [2.24, 2.45) is 10.4 Å². The van der Waals surface area contributed by atoms with Gasteiger partial charge in [-0.2, -0.15) is 4.99 Å². The SMILES string of the molecule is CC(C)(C)C1=CC2=C3B(c4ccccc4OC3C1)C1CC3=C(N=C1O2)Oc1cccc2c1B3C1C=CC=CC1O2. The predicted molar refractivity (Wildman–Crippen MR) is 158 cm³/mol. The molecule has 4 unspecified atom stereocenters. The van der Waals surface area contributed by atoms with Crippen LogP contribution in [0.1, 0.15) is 33.6 Å². The molecule has 2 aromatic carbocycles. The van der Waals surface area contributed by atoms with Crippen molar-refractivity contribution in [3.05, 3.63) is 101 Å². The molecule has 0 N–H and O–H groups in total. The molecular weight excluding hydrogens is 496 g/mol. The summed E-state index contributed by atoms with van der Waals surface area (Å²) in [5.74, 6) is 5.37. The molecular formula is C33H29B2NO4. The fraction of sp³-hybridized carbons (Fsp3) is 0.303. The summed E-state index contributed by atoms with van der Waals surface area (Å²) < 4.78 is 26.4. The molecule has 0 aromatic heterocycles. The van der Waals surface area contributed by atoms with E-state index in [0.29, 0.717) is 5.88 Å². The van der Waals surface area contributed by atoms with Crippen molar-refractivity contribution in [3.8, 4) is 17.2 Å². The number of hydrogen-bond donors (Lipinski definition) is 0. The van der Waals surface area contributed by atoms with Gasteiger partial charge in [-0.15, -0.1) is 0 Å². The molecule has 0 saturated heterocycles. The van der Waals surface area contributed by atoms with Crippen LogP contribution in [-0.2, 0) is 4.74 Å². The minimum Gasteiger partial charge on any atom is -0.487 e. The minimum absolute atomic E-state index is 0.000573. The van der Waals surface area contributed by atoms with Gasteiger partial charge in [-0.05, 0) is 58.6 Å². The maximum atomic E-state index is 6.73. The summed E-state index contributed by atoms with van der Waals surface area (Å²) in [6.45, 7) is 7.09. The van der Waals surface area contributed by atoms with Crippen LogP contribution in [0.5, 0.6) is 17.2 Å². The van der Waals surface area contributed by atoms with Crippen LogP contribution in [0.25, 0.3) is 0 Å². The van der Waals surface area contributed by atoms with E-state index in [1.807, 2.05) is 12.1 Å². The Morgan fingerprint density at radius 1 is 0.850 bits per heavy atom. The monoisotopic (exact) mass is 525 g/mol. The lowest BCUT2D eigenvalue weighted by Crippen LogP contribution is -2.57. The van der Waals surface area contributed by atoms with Gasteiger partial charge in [0.1, 0.15) is 35.2 Å². The number of rotatable bonds is 0. The van der Waals surface area contributed by atoms with E-state index in [1.165, 1.54) is 22.0 Å². The third-order valence-corrected chi connectivity index (χ3v) is 9.72. The molecule has 196 valence electrons. The van der Waals surface area contributed by atoms with Crippen molar-refractivity contribution >= 4 is 30.2 Å². The number of hydrogen-bond acceptors (Lipinski definition) is 5. The van der Waals surface area contributed by atoms with Crippen LogP contribution in [-0.4, -0.2) is 31.5 Å². The van der Waals surface area contributed by atoms with E-state index in [-0.39, 0.29) is 42.7 Å². The quantitative estimate of drug-likeness (QED) is 0.437. The van der Waals surface area contributed by atoms with E-state index in [0.717, 1.165) is 47.2 Å². The maximum Gasteiger partial charge on any atom is 0.232 e. The highest BCUT2D eigenvalue weighted by Crippen LogP contribution is 2.51. The Hall–Kier alpha value is -3.86. The summed E-state index contributed by atoms with van der Waals surface area (Å²) in [6.07, 6.45) is 12.6. The van der Waals surface area contributed by atoms with Crippen LogP contribution in [0, 0.1) is 5.41 Å². The largest absolute Gasteiger partial charge is 0.487 e. The summed E-state index contributed by atoms with van der Waals surface area (Å²) in [6, 6.07) is 14.7. The maximum absolute atomic E-state index is 6.73. The minimum atomic E-state index is -0.0279. The molecule has 7 heteroatoms. The Kier molecular flexibility index (Phi) is 4.51. The molecule has 0 bridgehead atoms. The average Bonchev–Trinajstić information content (AvgIpc) is 2.95. The Morgan fingerprint density at radius 3 is 2.58 bits per heavy atom. The molecule has 0 fully saturated rings. The third kappa shape index (κ3) is 3.09. The number of ether oxygens (including phenoxy) is 4. The first-order valence-electron chi connectivity index (χ1n) is 14.5. The van der Waals surface area contributed by atoms with Gasteiger partial charge in [-0.3, -0.25) is 0 Å². The first-order valence-corrected chi connectivity index (χ1v) is 14.5. The van der Waals surface area contributed by atoms with Gasteiger partial charge in [0, 0.05) is 23.5 Å². The number of para-hydroxylation sites is 1. The lowest BCUT2D eigenvalue weighted by molar-refractivity contribution is 0.218. The Morgan fingerprint density at radius 2 is 1.68 bits per heavy atom. The molecule has 5 nitrogen and oxygen atoms in total. The second-order valence-corrected chi connectivity index (χ2v) is 12.9. The molecule has 2 aliphatic carbocycles. The van der Waals surface area contributed by atoms with E-state index in [9.17, 15) is 0 Å². The fourth-order valence-corrected chi connectivity index (χ4v) is 7.82. The van der Waals surface area contributed by atoms with Crippen molar-refractivity contribution in [1.82, 2.24) is 0 Å². The topological polar surface area (TPSA) is 49.3 Å². The van der Waals surface area contributed by atoms with Crippen LogP contribution in [0.3, 0.4) is 0 Å². The predicted octanol–water partition coefficient (Wildman–Crippen LogP) is 5.32. The molecule has 2 aromatic rings. The average molecular weight is 525 g/mol. The molecule has 40 heavy (non-hydrogen) atoms. The molecule has 7 aliphatic rings. The number of benzene rings is 2. The van der Waals surface area contributed by atoms with E-state index < -0.39 is 0 Å². The van der Waals surface area contributed by atoms with Crippen molar-refractivity contribution in [1.29, 1.82) is 0 Å². The van der Waals surface area contributed by atoms with Crippen LogP contribution in [0.4, 0.5) is 0 Å². The van der Waals surface area contributed by atoms with Gasteiger partial charge in [-0.25, -0.2) is 0 Å². The standard InChI is InChI=1S/C33H29B2NO4/c1-33(2,3)18-15-27-30-28(16-18)40-32-22(35(30)20-10-5-7-12-24(20)38-27)17-21-31(36-32)39-26-14-8-13-25-29(26)34(21)19-9-4-6-11-23(19)37-25/h4-14,16,19,22-23,27H,15,17H2,1-3H3. The van der Waals surface area contributed by atoms with Gasteiger partial charge >= 0.3 is 0 Å². The zero-order valence-corrected chi connectivity index (χ0v) is 22.9. The lowest BCUT2D eigenvalue weighted by Gasteiger charge is -2.47. The first-order chi connectivity index (χ1) is 19.4. The van der Waals surface area contributed by atoms with Crippen molar-refractivity contribution in [2.75, 3.05) is 0 Å². The van der Waals surface area contributed by atoms with Gasteiger partial charge < -0.3 is 18.9 Å². The van der Waals surface area contributed by atoms with Crippen molar-refractivity contribution in [2.45, 2.75) is 57.5 Å². The van der Waals surface area contributed by atoms with Crippen molar-refractivity contribution in [3.63, 3.8) is 0 Å². The highest BCUT2D eigenvalue weighted by Gasteiger charge is 2.55. The molecule has 0 spiro atoms. The summed E-state index contributed by atoms with van der Waals surface area (Å²) in [5, 5.41) is 0. The van der Waals surface area contributed by atoms with Crippen molar-refractivity contribution < 1.29 is 18.9 Å². The highest BCUT2D eigenvalue weighted by molar-refractivity contribution is 6.87. The molecule has 5 heterocycles. The van der Waals surface area contributed by atoms with Gasteiger partial charge in [0.2, 0.25) is 19.3 Å². The summed E-state index contributed by atoms with van der Waals surface area (Å²) in [7, 11) is 0. The normalized spacial score (nSPS) is 28.3. The number of allylic oxidation sites excluding steroid dienone is 4. The van der Waals surface area contributed by atoms with E-state index in [1.54, 1.807) is 0 Å². The van der Waals surface area contributed by atoms with Crippen LogP contribution in [0.15, 0.2) is 106 Å². The molecule has 0 saturated carbocycles. The van der Waals surface area contributed by atoms with Gasteiger partial charge in [-0.1, -0.05) is 68.8 Å². The summed E-state index contributed by atoms with van der Waals surface area (Å²) >= 11 is 0. The summed E-state index contributed by atoms with van der Waals surface area (Å²) in [5.41, 5.74) is 6.26. The molecule has 5 aliphatic heterocycles. The number of aliphatic imine (C=N–C) groups is 1. The third-order valence-electron chi connectivity index (χ3n) is 9.72. The lowest BCUT2D eigenvalue weighted by atomic mass is 9.25. The number of fused-ring (bicyclic) bond motifs is 7. The first kappa shape index (κ1) is 22.9.